The summed E-state index contributed by atoms with van der Waals surface area (Å²) in [5, 5.41) is -0.235. The van der Waals surface area contributed by atoms with Crippen LogP contribution in [0.25, 0.3) is 111 Å². The fourth-order valence-corrected chi connectivity index (χ4v) is 16.2. The largest absolute Gasteiger partial charge is 0.309 e. The lowest BCUT2D eigenvalue weighted by Gasteiger charge is -2.46. The first-order chi connectivity index (χ1) is 56.2. The maximum absolute atomic E-state index is 10.2. The number of rotatable bonds is 8. The van der Waals surface area contributed by atoms with Gasteiger partial charge in [-0.05, 0) is 172 Å². The number of nitrogens with zero attached hydrogens (tertiary/aromatic N) is 4. The number of anilines is 6. The molecule has 14 aromatic carbocycles. The molecule has 2 aliphatic heterocycles. The van der Waals surface area contributed by atoms with Crippen molar-refractivity contribution in [2.75, 3.05) is 9.80 Å². The van der Waals surface area contributed by atoms with Crippen LogP contribution in [0.4, 0.5) is 34.1 Å². The predicted molar refractivity (Wildman–Crippen MR) is 432 cm³/mol. The summed E-state index contributed by atoms with van der Waals surface area (Å²) in [6.45, 7) is 19.9. The molecule has 16 aromatic rings. The van der Waals surface area contributed by atoms with E-state index in [1.165, 1.54) is 0 Å². The second-order valence-electron chi connectivity index (χ2n) is 30.5. The minimum atomic E-state index is -0.599. The molecule has 0 spiro atoms. The summed E-state index contributed by atoms with van der Waals surface area (Å²) in [7, 11) is 0. The van der Waals surface area contributed by atoms with E-state index >= 15 is 0 Å². The minimum absolute atomic E-state index is 0.00543. The van der Waals surface area contributed by atoms with E-state index in [1.54, 1.807) is 9.13 Å². The first kappa shape index (κ1) is 46.6. The molecule has 1 unspecified atom stereocenters. The molecular weight excluding hydrogens is 1230 g/mol. The van der Waals surface area contributed by atoms with Gasteiger partial charge in [0.1, 0.15) is 0 Å². The second-order valence-corrected chi connectivity index (χ2v) is 30.5. The van der Waals surface area contributed by atoms with Crippen LogP contribution in [-0.2, 0) is 22.7 Å². The summed E-state index contributed by atoms with van der Waals surface area (Å²) in [6, 6.07) is 64.1. The Hall–Kier alpha value is -11.7. The van der Waals surface area contributed by atoms with E-state index in [2.05, 4.69) is 206 Å². The molecule has 492 valence electrons. The van der Waals surface area contributed by atoms with Crippen LogP contribution >= 0.6 is 0 Å². The summed E-state index contributed by atoms with van der Waals surface area (Å²) >= 11 is 0. The molecule has 3 aliphatic rings. The SMILES string of the molecule is [2H]c1c([2H])c([2H])c2c(c1[2H])c1c([2H])c([2H])c([2H])c([2H])c1n2-c1cc2c3c(c1)N(c1c(-c4ccccc4)cc(C(C)(C)C)cc1-c1ccccc1)c1cc(-c4cccc(C(C)(C)C)c4)ccc1C3c1ccc(-c3cccc(C(C)(C)C)c3)cc1N2c1cccc2c1Cc1c-2cccc1-n1c2c([2H])c([2H])c([2H])c([2H])c2c2c([2H])c([2H])c([2H])c([2H])c21. The topological polar surface area (TPSA) is 16.3 Å². The molecule has 102 heavy (non-hydrogen) atoms. The number of fused-ring (bicyclic) bond motifs is 13. The van der Waals surface area contributed by atoms with Crippen LogP contribution in [0.5, 0.6) is 0 Å². The molecular formula is C98H80N4. The summed E-state index contributed by atoms with van der Waals surface area (Å²) in [5.74, 6) is -0.599. The molecule has 0 N–H and O–H groups in total. The molecule has 1 aliphatic carbocycles. The van der Waals surface area contributed by atoms with Gasteiger partial charge in [0.25, 0.3) is 0 Å². The van der Waals surface area contributed by atoms with Gasteiger partial charge in [0.15, 0.2) is 0 Å². The average Bonchev–Trinajstić information content (AvgIpc) is 1.24. The van der Waals surface area contributed by atoms with Gasteiger partial charge >= 0.3 is 0 Å². The van der Waals surface area contributed by atoms with Crippen molar-refractivity contribution < 1.29 is 21.9 Å². The van der Waals surface area contributed by atoms with Crippen molar-refractivity contribution >= 4 is 77.7 Å². The van der Waals surface area contributed by atoms with E-state index in [-0.39, 0.29) is 60.9 Å². The minimum Gasteiger partial charge on any atom is -0.309 e. The Balaban J connectivity index is 0.998. The lowest BCUT2D eigenvalue weighted by atomic mass is 9.74. The van der Waals surface area contributed by atoms with Gasteiger partial charge in [-0.15, -0.1) is 0 Å². The summed E-state index contributed by atoms with van der Waals surface area (Å²) < 4.78 is 155. The molecule has 0 radical (unpaired) electrons. The third-order valence-electron chi connectivity index (χ3n) is 21.3. The normalized spacial score (nSPS) is 16.1. The Bertz CT molecular complexity index is 6910. The zero-order chi connectivity index (χ0) is 83.0. The molecule has 0 bridgehead atoms. The van der Waals surface area contributed by atoms with Crippen LogP contribution in [0, 0.1) is 0 Å². The number of benzene rings is 14. The number of hydrogen-bond acceptors (Lipinski definition) is 2. The summed E-state index contributed by atoms with van der Waals surface area (Å²) in [6.07, 6.45) is 0.174. The van der Waals surface area contributed by atoms with E-state index < -0.39 is 108 Å². The molecule has 4 heterocycles. The Morgan fingerprint density at radius 3 is 1.17 bits per heavy atom. The third kappa shape index (κ3) is 9.63. The van der Waals surface area contributed by atoms with E-state index in [0.717, 1.165) is 112 Å². The lowest BCUT2D eigenvalue weighted by molar-refractivity contribution is 0.590. The number of para-hydroxylation sites is 4. The monoisotopic (exact) mass is 1330 g/mol. The maximum atomic E-state index is 10.2. The van der Waals surface area contributed by atoms with Crippen LogP contribution in [0.1, 0.15) is 135 Å². The Morgan fingerprint density at radius 1 is 0.304 bits per heavy atom. The Morgan fingerprint density at radius 2 is 0.696 bits per heavy atom. The zero-order valence-electron chi connectivity index (χ0n) is 74.2. The quantitative estimate of drug-likeness (QED) is 0.151. The van der Waals surface area contributed by atoms with Crippen LogP contribution in [0.2, 0.25) is 0 Å². The van der Waals surface area contributed by atoms with Crippen LogP contribution < -0.4 is 9.80 Å². The highest BCUT2D eigenvalue weighted by Gasteiger charge is 2.44. The first-order valence-corrected chi connectivity index (χ1v) is 35.0. The van der Waals surface area contributed by atoms with Gasteiger partial charge < -0.3 is 18.9 Å². The second kappa shape index (κ2) is 22.9. The number of hydrogen-bond donors (Lipinski definition) is 0. The fourth-order valence-electron chi connectivity index (χ4n) is 16.2. The highest BCUT2D eigenvalue weighted by atomic mass is 15.2. The summed E-state index contributed by atoms with van der Waals surface area (Å²) in [4.78, 5) is 4.67. The van der Waals surface area contributed by atoms with Crippen LogP contribution in [0.15, 0.2) is 303 Å². The lowest BCUT2D eigenvalue weighted by Crippen LogP contribution is -2.30. The standard InChI is InChI=1S/C98H80N4/c1-96(2,3)67-34-24-32-63(52-67)65-48-50-77-89(54-65)101(88-47-27-41-72-71-40-26-46-87(81(71)60-82(72)88)100-85-44-22-18-38-75(85)76-39-19-23-45-86(76)100)91-58-70(99-83-42-20-16-36-73(83)74-37-17-21-43-84(74)99)59-92-94(91)93(77)78-51-49-66(64-33-25-35-68(53-64)97(4,5)6)55-90(78)102(92)95-79(61-28-12-10-13-29-61)56-69(98(7,8)9)57-80(95)62-30-14-11-15-31-62/h10-59,93H,60H2,1-9H3/i16D,17D,18D,19D,20D,21D,22D,23D,36D,37D,38D,39D,42D,43D,44D,45D. The van der Waals surface area contributed by atoms with Crippen molar-refractivity contribution in [2.24, 2.45) is 0 Å². The highest BCUT2D eigenvalue weighted by Crippen LogP contribution is 2.65. The van der Waals surface area contributed by atoms with Crippen molar-refractivity contribution in [3.63, 3.8) is 0 Å². The van der Waals surface area contributed by atoms with E-state index in [4.69, 9.17) is 5.48 Å². The third-order valence-corrected chi connectivity index (χ3v) is 21.3. The smallest absolute Gasteiger partial charge is 0.0645 e. The molecule has 0 amide bonds. The van der Waals surface area contributed by atoms with Crippen molar-refractivity contribution in [2.45, 2.75) is 90.9 Å². The fraction of sp³-hybridized carbons (Fsp3) is 0.143. The van der Waals surface area contributed by atoms with Gasteiger partial charge in [0, 0.05) is 50.6 Å². The molecule has 0 fully saturated rings. The molecule has 19 rings (SSSR count). The van der Waals surface area contributed by atoms with Crippen molar-refractivity contribution in [1.82, 2.24) is 9.13 Å². The molecule has 4 nitrogen and oxygen atoms in total. The summed E-state index contributed by atoms with van der Waals surface area (Å²) in [5.41, 5.74) is 20.7. The van der Waals surface area contributed by atoms with Crippen molar-refractivity contribution in [3.05, 3.63) is 347 Å². The molecule has 0 saturated carbocycles. The van der Waals surface area contributed by atoms with Gasteiger partial charge in [0.2, 0.25) is 0 Å². The van der Waals surface area contributed by atoms with Crippen molar-refractivity contribution in [1.29, 1.82) is 0 Å². The Kier molecular flexibility index (Phi) is 10.5. The van der Waals surface area contributed by atoms with Crippen LogP contribution in [0.3, 0.4) is 0 Å². The first-order valence-electron chi connectivity index (χ1n) is 43.0. The van der Waals surface area contributed by atoms with E-state index in [0.29, 0.717) is 34.0 Å². The molecule has 2 aromatic heterocycles. The van der Waals surface area contributed by atoms with Gasteiger partial charge in [-0.3, -0.25) is 0 Å². The van der Waals surface area contributed by atoms with E-state index in [9.17, 15) is 16.4 Å². The van der Waals surface area contributed by atoms with E-state index in [1.807, 2.05) is 72.8 Å². The Labute approximate surface area is 621 Å². The molecule has 0 saturated heterocycles. The predicted octanol–water partition coefficient (Wildman–Crippen LogP) is 26.8. The van der Waals surface area contributed by atoms with Gasteiger partial charge in [-0.2, -0.15) is 0 Å². The van der Waals surface area contributed by atoms with Crippen LogP contribution in [-0.4, -0.2) is 9.13 Å². The maximum Gasteiger partial charge on any atom is 0.0645 e. The molecule has 1 atom stereocenters. The average molecular weight is 1330 g/mol. The molecule has 4 heteroatoms. The van der Waals surface area contributed by atoms with Gasteiger partial charge in [-0.1, -0.05) is 293 Å². The van der Waals surface area contributed by atoms with Gasteiger partial charge in [-0.25, -0.2) is 0 Å². The van der Waals surface area contributed by atoms with Crippen molar-refractivity contribution in [3.8, 4) is 67.0 Å². The van der Waals surface area contributed by atoms with Gasteiger partial charge in [0.05, 0.1) is 89.5 Å². The zero-order valence-corrected chi connectivity index (χ0v) is 58.2. The highest BCUT2D eigenvalue weighted by molar-refractivity contribution is 6.12. The number of aromatic nitrogens is 2.